The normalized spacial score (nSPS) is 10.6. The van der Waals surface area contributed by atoms with E-state index < -0.39 is 5.60 Å². The predicted octanol–water partition coefficient (Wildman–Crippen LogP) is -0.239. The first-order valence-corrected chi connectivity index (χ1v) is 4.90. The third-order valence-corrected chi connectivity index (χ3v) is 2.50. The van der Waals surface area contributed by atoms with Gasteiger partial charge in [-0.15, -0.1) is 0 Å². The van der Waals surface area contributed by atoms with Crippen LogP contribution < -0.4 is 18.9 Å². The second-order valence-corrected chi connectivity index (χ2v) is 3.59. The summed E-state index contributed by atoms with van der Waals surface area (Å²) in [6.07, 6.45) is 0. The van der Waals surface area contributed by atoms with Gasteiger partial charge in [-0.3, -0.25) is 0 Å². The summed E-state index contributed by atoms with van der Waals surface area (Å²) in [5.74, 6) is 0. The van der Waals surface area contributed by atoms with Crippen molar-refractivity contribution in [1.82, 2.24) is 0 Å². The van der Waals surface area contributed by atoms with Crippen LogP contribution in [0.1, 0.15) is 11.1 Å². The Bertz CT molecular complexity index is 382. The molecular formula is C14H13LiO. The van der Waals surface area contributed by atoms with Gasteiger partial charge in [0.15, 0.2) is 0 Å². The summed E-state index contributed by atoms with van der Waals surface area (Å²) in [5, 5.41) is 10.3. The number of rotatable bonds is 2. The van der Waals surface area contributed by atoms with E-state index in [1.807, 2.05) is 60.7 Å². The van der Waals surface area contributed by atoms with E-state index in [1.54, 1.807) is 0 Å². The summed E-state index contributed by atoms with van der Waals surface area (Å²) < 4.78 is 0. The Hall–Kier alpha value is -1.00. The summed E-state index contributed by atoms with van der Waals surface area (Å²) in [6.45, 7) is 3.87. The summed E-state index contributed by atoms with van der Waals surface area (Å²) in [5.41, 5.74) is 0.440. The largest absolute Gasteiger partial charge is 1.00 e. The number of hydrogen-bond acceptors (Lipinski definition) is 1. The second-order valence-electron chi connectivity index (χ2n) is 3.59. The monoisotopic (exact) mass is 204 g/mol. The zero-order valence-corrected chi connectivity index (χ0v) is 9.43. The third kappa shape index (κ3) is 2.57. The van der Waals surface area contributed by atoms with Gasteiger partial charge >= 0.3 is 18.9 Å². The molecule has 0 heterocycles. The van der Waals surface area contributed by atoms with Crippen molar-refractivity contribution in [3.05, 3.63) is 78.7 Å². The van der Waals surface area contributed by atoms with Gasteiger partial charge < -0.3 is 12.0 Å². The molecule has 0 saturated carbocycles. The van der Waals surface area contributed by atoms with Crippen LogP contribution in [0.25, 0.3) is 0 Å². The van der Waals surface area contributed by atoms with Gasteiger partial charge in [0.2, 0.25) is 0 Å². The van der Waals surface area contributed by atoms with Gasteiger partial charge in [0.05, 0.1) is 0 Å². The van der Waals surface area contributed by atoms with E-state index in [4.69, 9.17) is 0 Å². The molecule has 0 unspecified atom stereocenters. The first-order chi connectivity index (χ1) is 7.21. The molecule has 0 aromatic heterocycles. The molecule has 2 heteroatoms. The van der Waals surface area contributed by atoms with Crippen LogP contribution in [-0.4, -0.2) is 5.11 Å². The van der Waals surface area contributed by atoms with Crippen molar-refractivity contribution < 1.29 is 24.0 Å². The fourth-order valence-corrected chi connectivity index (χ4v) is 1.59. The van der Waals surface area contributed by atoms with Crippen LogP contribution in [-0.2, 0) is 5.60 Å². The molecule has 0 atom stereocenters. The molecule has 2 rings (SSSR count). The van der Waals surface area contributed by atoms with E-state index in [9.17, 15) is 5.11 Å². The molecule has 0 radical (unpaired) electrons. The number of hydrogen-bond donors (Lipinski definition) is 1. The quantitative estimate of drug-likeness (QED) is 0.529. The standard InChI is InChI=1S/C14H13O.Li/c1-14(15,12-8-4-2-5-9-12)13-10-6-3-7-11-13;/h2-11,15H,1H2;/q-1;+1. The molecular weight excluding hydrogens is 191 g/mol. The van der Waals surface area contributed by atoms with Gasteiger partial charge in [-0.05, 0) is 16.7 Å². The fourth-order valence-electron chi connectivity index (χ4n) is 1.59. The maximum absolute atomic E-state index is 10.3. The van der Waals surface area contributed by atoms with Crippen LogP contribution in [0.5, 0.6) is 0 Å². The Morgan fingerprint density at radius 3 is 1.38 bits per heavy atom. The van der Waals surface area contributed by atoms with E-state index >= 15 is 0 Å². The topological polar surface area (TPSA) is 20.2 Å². The maximum Gasteiger partial charge on any atom is 1.00 e. The molecule has 2 aromatic rings. The second kappa shape index (κ2) is 5.36. The van der Waals surface area contributed by atoms with Crippen molar-refractivity contribution in [3.63, 3.8) is 0 Å². The summed E-state index contributed by atoms with van der Waals surface area (Å²) in [6, 6.07) is 18.9. The molecule has 0 spiro atoms. The molecule has 0 fully saturated rings. The van der Waals surface area contributed by atoms with Crippen molar-refractivity contribution in [2.24, 2.45) is 0 Å². The first-order valence-electron chi connectivity index (χ1n) is 4.90. The van der Waals surface area contributed by atoms with Crippen molar-refractivity contribution in [2.45, 2.75) is 5.60 Å². The Labute approximate surface area is 108 Å². The summed E-state index contributed by atoms with van der Waals surface area (Å²) in [7, 11) is 0. The van der Waals surface area contributed by atoms with Crippen LogP contribution in [0.3, 0.4) is 0 Å². The van der Waals surface area contributed by atoms with Gasteiger partial charge in [-0.2, -0.15) is 0 Å². The molecule has 0 saturated heterocycles. The van der Waals surface area contributed by atoms with E-state index in [0.717, 1.165) is 11.1 Å². The van der Waals surface area contributed by atoms with Gasteiger partial charge in [0, 0.05) is 0 Å². The third-order valence-electron chi connectivity index (χ3n) is 2.50. The molecule has 2 aromatic carbocycles. The molecule has 0 amide bonds. The summed E-state index contributed by atoms with van der Waals surface area (Å²) >= 11 is 0. The van der Waals surface area contributed by atoms with E-state index in [0.29, 0.717) is 0 Å². The zero-order chi connectivity index (χ0) is 10.7. The van der Waals surface area contributed by atoms with Crippen molar-refractivity contribution >= 4 is 0 Å². The molecule has 1 nitrogen and oxygen atoms in total. The average Bonchev–Trinajstić information content (AvgIpc) is 2.31. The molecule has 0 aliphatic heterocycles. The minimum atomic E-state index is -1.16. The minimum Gasteiger partial charge on any atom is -0.413 e. The van der Waals surface area contributed by atoms with Crippen LogP contribution in [0, 0.1) is 6.92 Å². The van der Waals surface area contributed by atoms with E-state index in [1.165, 1.54) is 0 Å². The molecule has 16 heavy (non-hydrogen) atoms. The average molecular weight is 204 g/mol. The Morgan fingerprint density at radius 2 is 1.06 bits per heavy atom. The minimum absolute atomic E-state index is 0. The molecule has 76 valence electrons. The Morgan fingerprint density at radius 1 is 0.750 bits per heavy atom. The molecule has 0 aliphatic rings. The van der Waals surface area contributed by atoms with E-state index in [2.05, 4.69) is 6.92 Å². The maximum atomic E-state index is 10.3. The van der Waals surface area contributed by atoms with Crippen LogP contribution >= 0.6 is 0 Å². The van der Waals surface area contributed by atoms with Crippen LogP contribution in [0.15, 0.2) is 60.7 Å². The van der Waals surface area contributed by atoms with Gasteiger partial charge in [-0.1, -0.05) is 60.7 Å². The molecule has 0 aliphatic carbocycles. The number of aliphatic hydroxyl groups is 1. The van der Waals surface area contributed by atoms with E-state index in [-0.39, 0.29) is 18.9 Å². The fraction of sp³-hybridized carbons (Fsp3) is 0.0714. The summed E-state index contributed by atoms with van der Waals surface area (Å²) in [4.78, 5) is 0. The van der Waals surface area contributed by atoms with Crippen molar-refractivity contribution in [2.75, 3.05) is 0 Å². The van der Waals surface area contributed by atoms with Crippen LogP contribution in [0.2, 0.25) is 0 Å². The Balaban J connectivity index is 0.00000128. The Kier molecular flexibility index (Phi) is 4.38. The molecule has 1 N–H and O–H groups in total. The van der Waals surface area contributed by atoms with Crippen molar-refractivity contribution in [3.8, 4) is 0 Å². The molecule has 0 bridgehead atoms. The van der Waals surface area contributed by atoms with Gasteiger partial charge in [0.25, 0.3) is 0 Å². The van der Waals surface area contributed by atoms with Gasteiger partial charge in [0.1, 0.15) is 0 Å². The number of benzene rings is 2. The van der Waals surface area contributed by atoms with Gasteiger partial charge in [-0.25, -0.2) is 0 Å². The van der Waals surface area contributed by atoms with Crippen LogP contribution in [0.4, 0.5) is 0 Å². The van der Waals surface area contributed by atoms with Crippen molar-refractivity contribution in [1.29, 1.82) is 0 Å². The SMILES string of the molecule is [CH2-]C(O)(c1ccccc1)c1ccccc1.[Li+]. The predicted molar refractivity (Wildman–Crippen MR) is 61.2 cm³/mol. The smallest absolute Gasteiger partial charge is 0.413 e. The zero-order valence-electron chi connectivity index (χ0n) is 9.43. The first kappa shape index (κ1) is 13.1.